The average Bonchev–Trinajstić information content (AvgIpc) is 2.81. The number of aromatic nitrogens is 2. The maximum atomic E-state index is 12.0. The highest BCUT2D eigenvalue weighted by atomic mass is 32.2. The lowest BCUT2D eigenvalue weighted by Gasteiger charge is -2.03. The summed E-state index contributed by atoms with van der Waals surface area (Å²) in [6.07, 6.45) is 3.83. The number of sulfone groups is 1. The molecule has 106 valence electrons. The van der Waals surface area contributed by atoms with Crippen LogP contribution < -0.4 is 0 Å². The Kier molecular flexibility index (Phi) is 4.04. The van der Waals surface area contributed by atoms with E-state index in [1.165, 1.54) is 12.1 Å². The molecule has 0 unspecified atom stereocenters. The van der Waals surface area contributed by atoms with E-state index in [-0.39, 0.29) is 10.7 Å². The predicted octanol–water partition coefficient (Wildman–Crippen LogP) is 1.64. The summed E-state index contributed by atoms with van der Waals surface area (Å²) in [6, 6.07) is 7.92. The van der Waals surface area contributed by atoms with Crippen LogP contribution in [0.15, 0.2) is 41.4 Å². The summed E-state index contributed by atoms with van der Waals surface area (Å²) in [5.74, 6) is -0.00810. The van der Waals surface area contributed by atoms with E-state index in [9.17, 15) is 13.2 Å². The quantitative estimate of drug-likeness (QED) is 0.786. The molecule has 5 nitrogen and oxygen atoms in total. The Bertz CT molecular complexity index is 715. The van der Waals surface area contributed by atoms with Gasteiger partial charge in [0.05, 0.1) is 4.90 Å². The van der Waals surface area contributed by atoms with Crippen LogP contribution in [0.4, 0.5) is 0 Å². The lowest BCUT2D eigenvalue weighted by molar-refractivity contribution is 0.0982. The Hall–Kier alpha value is -1.95. The van der Waals surface area contributed by atoms with Crippen molar-refractivity contribution in [2.75, 3.05) is 6.26 Å². The first-order chi connectivity index (χ1) is 9.38. The molecule has 0 saturated heterocycles. The van der Waals surface area contributed by atoms with Crippen molar-refractivity contribution in [3.63, 3.8) is 0 Å². The number of nitrogens with zero attached hydrogens (tertiary/aromatic N) is 2. The second-order valence-electron chi connectivity index (χ2n) is 4.67. The zero-order chi connectivity index (χ0) is 14.8. The van der Waals surface area contributed by atoms with E-state index < -0.39 is 9.84 Å². The van der Waals surface area contributed by atoms with Gasteiger partial charge in [-0.05, 0) is 24.6 Å². The average molecular weight is 292 g/mol. The summed E-state index contributed by atoms with van der Waals surface area (Å²) in [5.41, 5.74) is 1.52. The summed E-state index contributed by atoms with van der Waals surface area (Å²) in [7, 11) is -1.39. The van der Waals surface area contributed by atoms with Gasteiger partial charge in [0.1, 0.15) is 0 Å². The van der Waals surface area contributed by atoms with Crippen molar-refractivity contribution in [2.24, 2.45) is 7.05 Å². The van der Waals surface area contributed by atoms with Crippen LogP contribution in [0.2, 0.25) is 0 Å². The minimum atomic E-state index is -3.22. The van der Waals surface area contributed by atoms with E-state index in [0.717, 1.165) is 11.9 Å². The van der Waals surface area contributed by atoms with Gasteiger partial charge in [-0.15, -0.1) is 0 Å². The Morgan fingerprint density at radius 3 is 2.35 bits per heavy atom. The van der Waals surface area contributed by atoms with E-state index >= 15 is 0 Å². The fraction of sp³-hybridized carbons (Fsp3) is 0.286. The number of hydrogen-bond acceptors (Lipinski definition) is 4. The summed E-state index contributed by atoms with van der Waals surface area (Å²) in [4.78, 5) is 12.3. The molecule has 1 aromatic heterocycles. The summed E-state index contributed by atoms with van der Waals surface area (Å²) >= 11 is 0. The van der Waals surface area contributed by atoms with E-state index in [1.54, 1.807) is 23.0 Å². The molecular formula is C14H16N2O3S. The lowest BCUT2D eigenvalue weighted by Crippen LogP contribution is -2.05. The highest BCUT2D eigenvalue weighted by molar-refractivity contribution is 7.90. The van der Waals surface area contributed by atoms with Gasteiger partial charge in [0.2, 0.25) is 0 Å². The smallest absolute Gasteiger partial charge is 0.175 e. The molecule has 0 fully saturated rings. The summed E-state index contributed by atoms with van der Waals surface area (Å²) in [5, 5.41) is 4.04. The van der Waals surface area contributed by atoms with Crippen LogP contribution in [0.1, 0.15) is 22.5 Å². The maximum Gasteiger partial charge on any atom is 0.175 e. The van der Waals surface area contributed by atoms with Gasteiger partial charge in [-0.1, -0.05) is 12.1 Å². The minimum absolute atomic E-state index is 0.00810. The third-order valence-corrected chi connectivity index (χ3v) is 4.26. The normalized spacial score (nSPS) is 11.5. The molecule has 2 aromatic rings. The second-order valence-corrected chi connectivity index (χ2v) is 6.68. The van der Waals surface area contributed by atoms with Gasteiger partial charge >= 0.3 is 0 Å². The first-order valence-corrected chi connectivity index (χ1v) is 8.07. The zero-order valence-electron chi connectivity index (χ0n) is 11.4. The van der Waals surface area contributed by atoms with Gasteiger partial charge < -0.3 is 0 Å². The van der Waals surface area contributed by atoms with Crippen molar-refractivity contribution >= 4 is 15.6 Å². The molecule has 6 heteroatoms. The zero-order valence-corrected chi connectivity index (χ0v) is 12.2. The standard InChI is InChI=1S/C14H16N2O3S/c1-16-12(9-10-15-16)5-8-14(17)11-3-6-13(7-4-11)20(2,18)19/h3-4,6-7,9-10H,5,8H2,1-2H3. The lowest BCUT2D eigenvalue weighted by atomic mass is 10.1. The fourth-order valence-electron chi connectivity index (χ4n) is 1.92. The van der Waals surface area contributed by atoms with Crippen LogP contribution in [-0.2, 0) is 23.3 Å². The highest BCUT2D eigenvalue weighted by Gasteiger charge is 2.10. The Labute approximate surface area is 118 Å². The number of hydrogen-bond donors (Lipinski definition) is 0. The largest absolute Gasteiger partial charge is 0.294 e. The maximum absolute atomic E-state index is 12.0. The van der Waals surface area contributed by atoms with Crippen LogP contribution in [0.5, 0.6) is 0 Å². The molecule has 0 amide bonds. The molecule has 2 rings (SSSR count). The van der Waals surface area contributed by atoms with Crippen LogP contribution >= 0.6 is 0 Å². The van der Waals surface area contributed by atoms with E-state index in [1.807, 2.05) is 13.1 Å². The number of carbonyl (C=O) groups excluding carboxylic acids is 1. The monoisotopic (exact) mass is 292 g/mol. The molecule has 0 radical (unpaired) electrons. The fourth-order valence-corrected chi connectivity index (χ4v) is 2.55. The number of aryl methyl sites for hydroxylation is 2. The molecule has 0 spiro atoms. The Morgan fingerprint density at radius 2 is 1.85 bits per heavy atom. The van der Waals surface area contributed by atoms with Gasteiger partial charge in [-0.3, -0.25) is 9.48 Å². The van der Waals surface area contributed by atoms with Crippen LogP contribution in [0, 0.1) is 0 Å². The van der Waals surface area contributed by atoms with Gasteiger partial charge in [-0.25, -0.2) is 8.42 Å². The SMILES string of the molecule is Cn1nccc1CCC(=O)c1ccc(S(C)(=O)=O)cc1. The van der Waals surface area contributed by atoms with E-state index in [4.69, 9.17) is 0 Å². The number of Topliss-reactive ketones (excluding diaryl/α,β-unsaturated/α-hetero) is 1. The third kappa shape index (κ3) is 3.33. The molecule has 1 heterocycles. The molecule has 1 aromatic carbocycles. The highest BCUT2D eigenvalue weighted by Crippen LogP contribution is 2.13. The van der Waals surface area contributed by atoms with E-state index in [2.05, 4.69) is 5.10 Å². The minimum Gasteiger partial charge on any atom is -0.294 e. The number of ketones is 1. The van der Waals surface area contributed by atoms with Crippen LogP contribution in [-0.4, -0.2) is 30.2 Å². The molecule has 0 aliphatic carbocycles. The van der Waals surface area contributed by atoms with Gasteiger partial charge in [-0.2, -0.15) is 5.10 Å². The van der Waals surface area contributed by atoms with Crippen molar-refractivity contribution < 1.29 is 13.2 Å². The number of benzene rings is 1. The topological polar surface area (TPSA) is 69.0 Å². The van der Waals surface area contributed by atoms with Crippen LogP contribution in [0.25, 0.3) is 0 Å². The molecule has 0 atom stereocenters. The number of rotatable bonds is 5. The van der Waals surface area contributed by atoms with Gasteiger partial charge in [0.25, 0.3) is 0 Å². The third-order valence-electron chi connectivity index (χ3n) is 3.14. The summed E-state index contributed by atoms with van der Waals surface area (Å²) < 4.78 is 24.4. The van der Waals surface area contributed by atoms with Crippen molar-refractivity contribution in [3.05, 3.63) is 47.8 Å². The molecule has 0 aliphatic heterocycles. The predicted molar refractivity (Wildman–Crippen MR) is 75.4 cm³/mol. The molecule has 20 heavy (non-hydrogen) atoms. The van der Waals surface area contributed by atoms with Crippen molar-refractivity contribution in [1.82, 2.24) is 9.78 Å². The van der Waals surface area contributed by atoms with Gasteiger partial charge in [0.15, 0.2) is 15.6 Å². The number of carbonyl (C=O) groups is 1. The Balaban J connectivity index is 2.05. The van der Waals surface area contributed by atoms with E-state index in [0.29, 0.717) is 18.4 Å². The van der Waals surface area contributed by atoms with Crippen LogP contribution in [0.3, 0.4) is 0 Å². The molecular weight excluding hydrogens is 276 g/mol. The van der Waals surface area contributed by atoms with Crippen molar-refractivity contribution in [2.45, 2.75) is 17.7 Å². The Morgan fingerprint density at radius 1 is 1.20 bits per heavy atom. The van der Waals surface area contributed by atoms with Crippen molar-refractivity contribution in [1.29, 1.82) is 0 Å². The summed E-state index contributed by atoms with van der Waals surface area (Å²) in [6.45, 7) is 0. The second kappa shape index (κ2) is 5.58. The van der Waals surface area contributed by atoms with Gasteiger partial charge in [0, 0.05) is 37.2 Å². The molecule has 0 N–H and O–H groups in total. The molecule has 0 saturated carbocycles. The molecule has 0 aliphatic rings. The first kappa shape index (κ1) is 14.5. The van der Waals surface area contributed by atoms with Crippen molar-refractivity contribution in [3.8, 4) is 0 Å². The molecule has 0 bridgehead atoms. The first-order valence-electron chi connectivity index (χ1n) is 6.18.